The van der Waals surface area contributed by atoms with E-state index in [2.05, 4.69) is 5.32 Å². The maximum Gasteiger partial charge on any atom is 0.261 e. The molecule has 0 saturated carbocycles. The summed E-state index contributed by atoms with van der Waals surface area (Å²) in [5.41, 5.74) is 2.80. The van der Waals surface area contributed by atoms with Crippen molar-refractivity contribution in [3.63, 3.8) is 0 Å². The molecule has 186 valence electrons. The van der Waals surface area contributed by atoms with Crippen LogP contribution < -0.4 is 14.8 Å². The molecule has 1 heterocycles. The minimum atomic E-state index is -0.342. The van der Waals surface area contributed by atoms with Crippen LogP contribution in [0.2, 0.25) is 0 Å². The molecule has 0 aliphatic carbocycles. The minimum absolute atomic E-state index is 0.0583. The number of hydrogen-bond acceptors (Lipinski definition) is 6. The first-order valence-corrected chi connectivity index (χ1v) is 11.5. The van der Waals surface area contributed by atoms with Gasteiger partial charge in [-0.2, -0.15) is 0 Å². The van der Waals surface area contributed by atoms with Gasteiger partial charge in [-0.15, -0.1) is 0 Å². The van der Waals surface area contributed by atoms with Crippen LogP contribution in [-0.4, -0.2) is 62.4 Å². The zero-order valence-corrected chi connectivity index (χ0v) is 20.8. The Kier molecular flexibility index (Phi) is 7.36. The second-order valence-electron chi connectivity index (χ2n) is 8.74. The number of likely N-dealkylation sites (N-methyl/N-ethyl adjacent to an activating group) is 1. The van der Waals surface area contributed by atoms with Crippen LogP contribution in [0, 0.1) is 0 Å². The molecule has 3 aromatic carbocycles. The molecule has 36 heavy (non-hydrogen) atoms. The summed E-state index contributed by atoms with van der Waals surface area (Å²) in [7, 11) is 7.01. The van der Waals surface area contributed by atoms with Crippen LogP contribution in [0.25, 0.3) is 0 Å². The first-order chi connectivity index (χ1) is 17.3. The average Bonchev–Trinajstić information content (AvgIpc) is 3.13. The predicted molar refractivity (Wildman–Crippen MR) is 135 cm³/mol. The van der Waals surface area contributed by atoms with E-state index >= 15 is 0 Å². The van der Waals surface area contributed by atoms with Gasteiger partial charge in [0.15, 0.2) is 0 Å². The Bertz CT molecular complexity index is 1250. The maximum absolute atomic E-state index is 13.2. The van der Waals surface area contributed by atoms with Gasteiger partial charge in [-0.1, -0.05) is 30.3 Å². The molecule has 1 N–H and O–H groups in total. The summed E-state index contributed by atoms with van der Waals surface area (Å²) in [6.45, 7) is 0.423. The van der Waals surface area contributed by atoms with E-state index in [-0.39, 0.29) is 30.3 Å². The van der Waals surface area contributed by atoms with Crippen molar-refractivity contribution in [3.05, 3.63) is 94.5 Å². The molecule has 3 aromatic rings. The molecule has 4 rings (SSSR count). The molecule has 0 unspecified atom stereocenters. The highest BCUT2D eigenvalue weighted by atomic mass is 16.5. The summed E-state index contributed by atoms with van der Waals surface area (Å²) in [6, 6.07) is 19.5. The molecule has 0 saturated heterocycles. The smallest absolute Gasteiger partial charge is 0.261 e. The van der Waals surface area contributed by atoms with Gasteiger partial charge >= 0.3 is 0 Å². The van der Waals surface area contributed by atoms with E-state index in [1.165, 1.54) is 12.0 Å². The van der Waals surface area contributed by atoms with Crippen molar-refractivity contribution >= 4 is 17.7 Å². The van der Waals surface area contributed by atoms with Gasteiger partial charge < -0.3 is 19.7 Å². The van der Waals surface area contributed by atoms with Crippen LogP contribution in [0.4, 0.5) is 0 Å². The lowest BCUT2D eigenvalue weighted by Crippen LogP contribution is -2.35. The molecular weight excluding hydrogens is 458 g/mol. The van der Waals surface area contributed by atoms with Crippen LogP contribution in [0.5, 0.6) is 11.5 Å². The molecule has 0 bridgehead atoms. The van der Waals surface area contributed by atoms with Gasteiger partial charge in [0, 0.05) is 6.54 Å². The molecule has 1 aliphatic heterocycles. The number of benzene rings is 3. The van der Waals surface area contributed by atoms with Crippen LogP contribution in [-0.2, 0) is 6.54 Å². The first kappa shape index (κ1) is 24.9. The summed E-state index contributed by atoms with van der Waals surface area (Å²) >= 11 is 0. The third kappa shape index (κ3) is 4.94. The number of carbonyl (C=O) groups excluding carboxylic acids is 3. The maximum atomic E-state index is 13.2. The van der Waals surface area contributed by atoms with E-state index in [1.807, 2.05) is 43.3 Å². The number of fused-ring (bicyclic) bond motifs is 1. The molecule has 8 nitrogen and oxygen atoms in total. The standard InChI is InChI=1S/C28H29N3O5/c1-30(2)24(19-10-12-20(35-3)13-11-19)16-29-26(32)23-15-18(9-14-25(23)36-4)17-31-27(33)21-7-5-6-8-22(21)28(31)34/h5-15,24H,16-17H2,1-4H3,(H,29,32)/t24-/m0/s1. The van der Waals surface area contributed by atoms with Crippen LogP contribution >= 0.6 is 0 Å². The van der Waals surface area contributed by atoms with Crippen molar-refractivity contribution in [1.82, 2.24) is 15.1 Å². The fraction of sp³-hybridized carbons (Fsp3) is 0.250. The average molecular weight is 488 g/mol. The van der Waals surface area contributed by atoms with Gasteiger partial charge in [0.05, 0.1) is 43.5 Å². The molecule has 0 spiro atoms. The number of nitrogens with one attached hydrogen (secondary N) is 1. The second kappa shape index (κ2) is 10.6. The number of hydrogen-bond donors (Lipinski definition) is 1. The van der Waals surface area contributed by atoms with Crippen molar-refractivity contribution < 1.29 is 23.9 Å². The SMILES string of the molecule is COc1ccc([C@H](CNC(=O)c2cc(CN3C(=O)c4ccccc4C3=O)ccc2OC)N(C)C)cc1. The third-order valence-electron chi connectivity index (χ3n) is 6.31. The second-order valence-corrected chi connectivity index (χ2v) is 8.74. The van der Waals surface area contributed by atoms with E-state index in [0.717, 1.165) is 11.3 Å². The highest BCUT2D eigenvalue weighted by Gasteiger charge is 2.35. The summed E-state index contributed by atoms with van der Waals surface area (Å²) in [5, 5.41) is 3.00. The largest absolute Gasteiger partial charge is 0.497 e. The van der Waals surface area contributed by atoms with Gasteiger partial charge in [0.25, 0.3) is 17.7 Å². The number of ether oxygens (including phenoxy) is 2. The Balaban J connectivity index is 1.51. The number of imide groups is 1. The number of amides is 3. The lowest BCUT2D eigenvalue weighted by molar-refractivity contribution is 0.0642. The van der Waals surface area contributed by atoms with Gasteiger partial charge in [0.1, 0.15) is 11.5 Å². The van der Waals surface area contributed by atoms with Gasteiger partial charge in [-0.05, 0) is 61.6 Å². The van der Waals surface area contributed by atoms with Crippen molar-refractivity contribution in [1.29, 1.82) is 0 Å². The molecule has 0 radical (unpaired) electrons. The molecule has 1 aliphatic rings. The fourth-order valence-corrected chi connectivity index (χ4v) is 4.31. The summed E-state index contributed by atoms with van der Waals surface area (Å²) < 4.78 is 10.7. The van der Waals surface area contributed by atoms with E-state index in [0.29, 0.717) is 34.5 Å². The molecular formula is C28H29N3O5. The van der Waals surface area contributed by atoms with Gasteiger partial charge in [0.2, 0.25) is 0 Å². The Labute approximate surface area is 210 Å². The zero-order chi connectivity index (χ0) is 25.8. The lowest BCUT2D eigenvalue weighted by Gasteiger charge is -2.25. The number of methoxy groups -OCH3 is 2. The topological polar surface area (TPSA) is 88.2 Å². The van der Waals surface area contributed by atoms with Crippen molar-refractivity contribution in [2.24, 2.45) is 0 Å². The molecule has 3 amide bonds. The lowest BCUT2D eigenvalue weighted by atomic mass is 10.0. The van der Waals surface area contributed by atoms with E-state index < -0.39 is 0 Å². The number of rotatable bonds is 9. The monoisotopic (exact) mass is 487 g/mol. The minimum Gasteiger partial charge on any atom is -0.497 e. The summed E-state index contributed by atoms with van der Waals surface area (Å²) in [6.07, 6.45) is 0. The zero-order valence-electron chi connectivity index (χ0n) is 20.8. The van der Waals surface area contributed by atoms with Crippen LogP contribution in [0.15, 0.2) is 66.7 Å². The quantitative estimate of drug-likeness (QED) is 0.465. The van der Waals surface area contributed by atoms with Crippen molar-refractivity contribution in [3.8, 4) is 11.5 Å². The highest BCUT2D eigenvalue weighted by molar-refractivity contribution is 6.21. The van der Waals surface area contributed by atoms with Gasteiger partial charge in [-0.25, -0.2) is 0 Å². The summed E-state index contributed by atoms with van der Waals surface area (Å²) in [5.74, 6) is 0.178. The van der Waals surface area contributed by atoms with Crippen molar-refractivity contribution in [2.75, 3.05) is 34.9 Å². The van der Waals surface area contributed by atoms with Gasteiger partial charge in [-0.3, -0.25) is 19.3 Å². The Morgan fingerprint density at radius 2 is 1.56 bits per heavy atom. The van der Waals surface area contributed by atoms with E-state index in [1.54, 1.807) is 49.6 Å². The number of nitrogens with zero attached hydrogens (tertiary/aromatic N) is 2. The van der Waals surface area contributed by atoms with Crippen molar-refractivity contribution in [2.45, 2.75) is 12.6 Å². The summed E-state index contributed by atoms with van der Waals surface area (Å²) in [4.78, 5) is 41.9. The molecule has 0 fully saturated rings. The predicted octanol–water partition coefficient (Wildman–Crippen LogP) is 3.53. The van der Waals surface area contributed by atoms with E-state index in [4.69, 9.17) is 9.47 Å². The Morgan fingerprint density at radius 3 is 2.11 bits per heavy atom. The fourth-order valence-electron chi connectivity index (χ4n) is 4.31. The van der Waals surface area contributed by atoms with Crippen LogP contribution in [0.3, 0.4) is 0 Å². The first-order valence-electron chi connectivity index (χ1n) is 11.5. The Morgan fingerprint density at radius 1 is 0.917 bits per heavy atom. The highest BCUT2D eigenvalue weighted by Crippen LogP contribution is 2.27. The normalized spacial score (nSPS) is 13.5. The number of carbonyl (C=O) groups is 3. The third-order valence-corrected chi connectivity index (χ3v) is 6.31. The van der Waals surface area contributed by atoms with Crippen LogP contribution in [0.1, 0.15) is 48.2 Å². The van der Waals surface area contributed by atoms with E-state index in [9.17, 15) is 14.4 Å². The molecule has 1 atom stereocenters. The Hall–Kier alpha value is -4.17. The molecule has 8 heteroatoms. The molecule has 0 aromatic heterocycles.